The van der Waals surface area contributed by atoms with Crippen molar-refractivity contribution in [2.45, 2.75) is 56.7 Å². The second-order valence-corrected chi connectivity index (χ2v) is 17.2. The van der Waals surface area contributed by atoms with E-state index in [-0.39, 0.29) is 58.1 Å². The Hall–Kier alpha value is -5.00. The number of aliphatic carboxylic acids is 1. The summed E-state index contributed by atoms with van der Waals surface area (Å²) in [5.74, 6) is -5.08. The van der Waals surface area contributed by atoms with E-state index in [2.05, 4.69) is 20.2 Å². The number of aromatic nitrogens is 7. The van der Waals surface area contributed by atoms with Gasteiger partial charge in [-0.1, -0.05) is 17.7 Å². The quantitative estimate of drug-likeness (QED) is 0.0551. The Kier molecular flexibility index (Phi) is 16.7. The van der Waals surface area contributed by atoms with E-state index in [1.165, 1.54) is 19.8 Å². The highest BCUT2D eigenvalue weighted by atomic mass is 35.5. The van der Waals surface area contributed by atoms with E-state index in [4.69, 9.17) is 43.7 Å². The molecule has 0 radical (unpaired) electrons. The maximum atomic E-state index is 14.2. The number of hydrogen-bond donors (Lipinski definition) is 4. The average Bonchev–Trinajstić information content (AvgIpc) is 3.70. The number of halogens is 7. The third-order valence-corrected chi connectivity index (χ3v) is 10.3. The van der Waals surface area contributed by atoms with E-state index in [1.807, 2.05) is 0 Å². The van der Waals surface area contributed by atoms with Gasteiger partial charge in [0.25, 0.3) is 21.0 Å². The lowest BCUT2D eigenvalue weighted by atomic mass is 10.1. The van der Waals surface area contributed by atoms with Gasteiger partial charge in [0.15, 0.2) is 13.2 Å². The van der Waals surface area contributed by atoms with Gasteiger partial charge in [-0.05, 0) is 63.1 Å². The predicted octanol–water partition coefficient (Wildman–Crippen LogP) is 4.44. The largest absolute Gasteiger partial charge is 0.480 e. The summed E-state index contributed by atoms with van der Waals surface area (Å²) in [6.45, 7) is 2.69. The van der Waals surface area contributed by atoms with Gasteiger partial charge in [-0.15, -0.1) is 21.8 Å². The van der Waals surface area contributed by atoms with Crippen LogP contribution in [0.4, 0.5) is 27.6 Å². The summed E-state index contributed by atoms with van der Waals surface area (Å²) in [4.78, 5) is 50.3. The number of alkyl halides is 3. The molecule has 5 N–H and O–H groups in total. The highest BCUT2D eigenvalue weighted by Crippen LogP contribution is 2.35. The number of sulfonamides is 1. The molecule has 3 aromatic heterocycles. The van der Waals surface area contributed by atoms with Crippen LogP contribution in [0.3, 0.4) is 0 Å². The number of aryl methyl sites for hydroxylation is 2. The highest BCUT2D eigenvalue weighted by Gasteiger charge is 2.26. The van der Waals surface area contributed by atoms with Gasteiger partial charge >= 0.3 is 24.2 Å². The van der Waals surface area contributed by atoms with Crippen LogP contribution in [-0.4, -0.2) is 95.1 Å². The summed E-state index contributed by atoms with van der Waals surface area (Å²) in [5.41, 5.74) is 3.56. The predicted molar refractivity (Wildman–Crippen MR) is 202 cm³/mol. The zero-order valence-electron chi connectivity index (χ0n) is 31.1. The van der Waals surface area contributed by atoms with Gasteiger partial charge in [-0.25, -0.2) is 32.0 Å². The molecule has 5 aromatic rings. The lowest BCUT2D eigenvalue weighted by molar-refractivity contribution is -0.142. The molecular formula is C32H35Cl2F5N9O9PS. The summed E-state index contributed by atoms with van der Waals surface area (Å²) < 4.78 is 110. The van der Waals surface area contributed by atoms with Gasteiger partial charge in [0.05, 0.1) is 6.61 Å². The molecule has 0 saturated heterocycles. The normalized spacial score (nSPS) is 13.4. The van der Waals surface area contributed by atoms with Gasteiger partial charge in [-0.3, -0.25) is 18.9 Å². The van der Waals surface area contributed by atoms with Crippen molar-refractivity contribution in [3.8, 4) is 5.69 Å². The standard InChI is InChI=1S/C15H14Cl2F3N3O3.C12H9F2N5O2S.C5H12NO4P/c1-3-26-13(24)10(17)4-8-5-12(11(18)6-9(8)16)23-15(25)22(14(19)20)7(2)21-23;1-7-5-6-19-11(15-7)16-12(17-19)22(20,21)18-10-8(13)3-2-4-9(10)14;1-11(9,10)3-2-4(6)5(7)8/h5-6,10,14H,3-4H2,1-2H3;2-6,18H,1H3;4H,2-3,6H2,1H3,(H,7,8)(H,9,10). The fourth-order valence-corrected chi connectivity index (χ4v) is 6.67. The number of carbonyl (C=O) groups excluding carboxylic acids is 1. The van der Waals surface area contributed by atoms with Crippen molar-refractivity contribution in [2.24, 2.45) is 5.73 Å². The number of nitrogens with two attached hydrogens (primary N) is 1. The van der Waals surface area contributed by atoms with Crippen molar-refractivity contribution in [1.29, 1.82) is 0 Å². The molecule has 3 unspecified atom stereocenters. The summed E-state index contributed by atoms with van der Waals surface area (Å²) in [6.07, 6.45) is 1.36. The Balaban J connectivity index is 0.000000255. The second-order valence-electron chi connectivity index (χ2n) is 12.1. The number of fused-ring (bicyclic) bond motifs is 1. The van der Waals surface area contributed by atoms with Crippen LogP contribution >= 0.6 is 30.6 Å². The number of rotatable bonds is 13. The Morgan fingerprint density at radius 1 is 1.07 bits per heavy atom. The molecule has 5 rings (SSSR count). The van der Waals surface area contributed by atoms with Crippen LogP contribution < -0.4 is 16.1 Å². The third kappa shape index (κ3) is 13.2. The molecular weight excluding hydrogens is 883 g/mol. The Labute approximate surface area is 341 Å². The first-order valence-electron chi connectivity index (χ1n) is 16.6. The minimum Gasteiger partial charge on any atom is -0.480 e. The second kappa shape index (κ2) is 20.3. The number of carbonyl (C=O) groups is 2. The lowest BCUT2D eigenvalue weighted by Gasteiger charge is -2.12. The third-order valence-electron chi connectivity index (χ3n) is 7.40. The SMILES string of the molecule is CCOC(=O)C(Cl)Cc1cc(-n2nc(C)n(C(F)F)c2=O)c(F)cc1Cl.CP(=O)(O)CCC(N)C(=O)O.Cc1ccn2nc(S(=O)(=O)Nc3c(F)cccc3F)nc2n1. The van der Waals surface area contributed by atoms with Gasteiger partial charge < -0.3 is 20.5 Å². The molecule has 0 fully saturated rings. The van der Waals surface area contributed by atoms with E-state index in [0.29, 0.717) is 10.4 Å². The van der Waals surface area contributed by atoms with Crippen LogP contribution in [-0.2, 0) is 35.3 Å². The zero-order chi connectivity index (χ0) is 44.6. The van der Waals surface area contributed by atoms with Crippen LogP contribution in [0.25, 0.3) is 11.5 Å². The van der Waals surface area contributed by atoms with Gasteiger partial charge in [0, 0.05) is 36.2 Å². The van der Waals surface area contributed by atoms with E-state index >= 15 is 0 Å². The molecule has 2 aromatic carbocycles. The minimum absolute atomic E-state index is 0.0412. The Morgan fingerprint density at radius 2 is 1.69 bits per heavy atom. The number of benzene rings is 2. The number of ether oxygens (including phenoxy) is 1. The molecule has 0 spiro atoms. The molecule has 18 nitrogen and oxygen atoms in total. The molecule has 3 heterocycles. The molecule has 59 heavy (non-hydrogen) atoms. The fraction of sp³-hybridized carbons (Fsp3) is 0.344. The van der Waals surface area contributed by atoms with E-state index in [1.54, 1.807) is 24.6 Å². The topological polar surface area (TPSA) is 256 Å². The van der Waals surface area contributed by atoms with E-state index in [9.17, 15) is 49.3 Å². The first-order chi connectivity index (χ1) is 27.4. The van der Waals surface area contributed by atoms with Crippen molar-refractivity contribution in [2.75, 3.05) is 24.2 Å². The number of nitrogens with one attached hydrogen (secondary N) is 1. The minimum atomic E-state index is -4.35. The molecule has 0 saturated carbocycles. The zero-order valence-corrected chi connectivity index (χ0v) is 34.3. The number of nitrogens with zero attached hydrogens (tertiary/aromatic N) is 7. The van der Waals surface area contributed by atoms with E-state index < -0.39 is 81.3 Å². The van der Waals surface area contributed by atoms with Crippen LogP contribution in [0.15, 0.2) is 52.5 Å². The molecule has 0 aliphatic carbocycles. The Morgan fingerprint density at radius 3 is 2.24 bits per heavy atom. The van der Waals surface area contributed by atoms with Crippen molar-refractivity contribution < 1.29 is 59.3 Å². The first kappa shape index (κ1) is 48.4. The first-order valence-corrected chi connectivity index (χ1v) is 21.2. The van der Waals surface area contributed by atoms with Crippen LogP contribution in [0, 0.1) is 31.3 Å². The Bertz CT molecular complexity index is 2520. The van der Waals surface area contributed by atoms with Crippen LogP contribution in [0.2, 0.25) is 5.02 Å². The maximum absolute atomic E-state index is 14.2. The number of esters is 1. The fourth-order valence-electron chi connectivity index (χ4n) is 4.50. The van der Waals surface area contributed by atoms with Gasteiger partial charge in [0.2, 0.25) is 0 Å². The van der Waals surface area contributed by atoms with Crippen LogP contribution in [0.5, 0.6) is 0 Å². The molecule has 27 heteroatoms. The monoisotopic (exact) mass is 917 g/mol. The number of anilines is 1. The van der Waals surface area contributed by atoms with Crippen LogP contribution in [0.1, 0.15) is 37.0 Å². The van der Waals surface area contributed by atoms with Crippen molar-refractivity contribution in [3.63, 3.8) is 0 Å². The molecule has 322 valence electrons. The molecule has 0 aliphatic rings. The summed E-state index contributed by atoms with van der Waals surface area (Å²) in [7, 11) is -7.45. The highest BCUT2D eigenvalue weighted by molar-refractivity contribution is 7.92. The van der Waals surface area contributed by atoms with Crippen molar-refractivity contribution in [3.05, 3.63) is 92.6 Å². The maximum Gasteiger partial charge on any atom is 0.355 e. The summed E-state index contributed by atoms with van der Waals surface area (Å²) in [6, 6.07) is 5.60. The smallest absolute Gasteiger partial charge is 0.355 e. The number of carboxylic acids is 1. The molecule has 3 atom stereocenters. The van der Waals surface area contributed by atoms with Crippen molar-refractivity contribution in [1.82, 2.24) is 33.9 Å². The number of hydrogen-bond acceptors (Lipinski definition) is 12. The van der Waals surface area contributed by atoms with Gasteiger partial charge in [0.1, 0.15) is 40.3 Å². The average molecular weight is 919 g/mol. The number of carboxylic acid groups (broad SMARTS) is 1. The molecule has 0 amide bonds. The number of para-hydroxylation sites is 1. The molecule has 0 bridgehead atoms. The summed E-state index contributed by atoms with van der Waals surface area (Å²) in [5, 5.41) is 13.9. The van der Waals surface area contributed by atoms with Gasteiger partial charge in [-0.2, -0.15) is 26.9 Å². The van der Waals surface area contributed by atoms with E-state index in [0.717, 1.165) is 34.8 Å². The summed E-state index contributed by atoms with van der Waals surface area (Å²) >= 11 is 11.9. The lowest BCUT2D eigenvalue weighted by Crippen LogP contribution is -2.30. The molecule has 0 aliphatic heterocycles. The van der Waals surface area contributed by atoms with Crippen molar-refractivity contribution >= 4 is 64.0 Å².